The highest BCUT2D eigenvalue weighted by Crippen LogP contribution is 2.25. The van der Waals surface area contributed by atoms with Gasteiger partial charge in [-0.05, 0) is 46.3 Å². The molecule has 6 heteroatoms. The summed E-state index contributed by atoms with van der Waals surface area (Å²) < 4.78 is 0.978. The van der Waals surface area contributed by atoms with Crippen LogP contribution in [0.5, 0.6) is 0 Å². The van der Waals surface area contributed by atoms with Gasteiger partial charge in [0.15, 0.2) is 5.82 Å². The van der Waals surface area contributed by atoms with Crippen molar-refractivity contribution in [1.82, 2.24) is 9.97 Å². The zero-order valence-corrected chi connectivity index (χ0v) is 13.0. The van der Waals surface area contributed by atoms with Gasteiger partial charge in [0, 0.05) is 4.88 Å². The standard InChI is InChI=1S/C15H8BrN3OS/c16-13-6-5-10(21-13)7-9(8-17)14-18-12-4-2-1-3-11(12)15(20)19-14/h1-7H,(H,18,19,20). The highest BCUT2D eigenvalue weighted by molar-refractivity contribution is 9.11. The van der Waals surface area contributed by atoms with Gasteiger partial charge in [-0.15, -0.1) is 11.3 Å². The number of para-hydroxylation sites is 1. The van der Waals surface area contributed by atoms with Gasteiger partial charge in [0.25, 0.3) is 5.56 Å². The predicted octanol–water partition coefficient (Wildman–Crippen LogP) is 3.81. The fourth-order valence-corrected chi connectivity index (χ4v) is 3.28. The van der Waals surface area contributed by atoms with Crippen molar-refractivity contribution in [2.24, 2.45) is 0 Å². The molecular weight excluding hydrogens is 350 g/mol. The Labute approximate surface area is 132 Å². The van der Waals surface area contributed by atoms with E-state index in [1.54, 1.807) is 24.3 Å². The summed E-state index contributed by atoms with van der Waals surface area (Å²) in [5.41, 5.74) is 0.654. The monoisotopic (exact) mass is 357 g/mol. The molecule has 21 heavy (non-hydrogen) atoms. The lowest BCUT2D eigenvalue weighted by atomic mass is 10.2. The number of H-pyrrole nitrogens is 1. The minimum atomic E-state index is -0.246. The molecule has 0 bridgehead atoms. The molecule has 0 saturated carbocycles. The molecule has 0 aliphatic rings. The summed E-state index contributed by atoms with van der Waals surface area (Å²) in [6, 6.07) is 12.9. The lowest BCUT2D eigenvalue weighted by molar-refractivity contribution is 1.13. The first-order chi connectivity index (χ1) is 10.2. The quantitative estimate of drug-likeness (QED) is 0.708. The topological polar surface area (TPSA) is 69.5 Å². The fraction of sp³-hybridized carbons (Fsp3) is 0. The van der Waals surface area contributed by atoms with Crippen molar-refractivity contribution < 1.29 is 0 Å². The number of rotatable bonds is 2. The van der Waals surface area contributed by atoms with E-state index in [1.807, 2.05) is 18.2 Å². The number of fused-ring (bicyclic) bond motifs is 1. The molecule has 0 fully saturated rings. The summed E-state index contributed by atoms with van der Waals surface area (Å²) in [6.07, 6.45) is 1.71. The minimum absolute atomic E-state index is 0.246. The molecule has 0 radical (unpaired) electrons. The SMILES string of the molecule is N#CC(=Cc1ccc(Br)s1)c1nc2ccccc2c(=O)[nH]1. The van der Waals surface area contributed by atoms with Gasteiger partial charge < -0.3 is 4.98 Å². The number of thiophene rings is 1. The molecule has 0 aliphatic heterocycles. The Balaban J connectivity index is 2.16. The second kappa shape index (κ2) is 5.64. The summed E-state index contributed by atoms with van der Waals surface area (Å²) in [6.45, 7) is 0. The number of hydrogen-bond acceptors (Lipinski definition) is 4. The molecule has 1 aromatic carbocycles. The maximum absolute atomic E-state index is 12.0. The van der Waals surface area contributed by atoms with Crippen molar-refractivity contribution in [2.75, 3.05) is 0 Å². The first-order valence-corrected chi connectivity index (χ1v) is 7.65. The largest absolute Gasteiger partial charge is 0.305 e. The van der Waals surface area contributed by atoms with Crippen LogP contribution in [-0.4, -0.2) is 9.97 Å². The Morgan fingerprint density at radius 1 is 1.33 bits per heavy atom. The van der Waals surface area contributed by atoms with Gasteiger partial charge in [0.1, 0.15) is 6.07 Å². The normalized spacial score (nSPS) is 11.5. The summed E-state index contributed by atoms with van der Waals surface area (Å²) in [7, 11) is 0. The highest BCUT2D eigenvalue weighted by atomic mass is 79.9. The van der Waals surface area contributed by atoms with Gasteiger partial charge in [-0.1, -0.05) is 12.1 Å². The van der Waals surface area contributed by atoms with Gasteiger partial charge in [-0.25, -0.2) is 4.98 Å². The van der Waals surface area contributed by atoms with Crippen LogP contribution in [0.1, 0.15) is 10.7 Å². The van der Waals surface area contributed by atoms with E-state index in [0.717, 1.165) is 8.66 Å². The summed E-state index contributed by atoms with van der Waals surface area (Å²) >= 11 is 4.88. The molecule has 0 saturated heterocycles. The van der Waals surface area contributed by atoms with Crippen molar-refractivity contribution in [3.05, 3.63) is 61.2 Å². The predicted molar refractivity (Wildman–Crippen MR) is 87.9 cm³/mol. The van der Waals surface area contributed by atoms with Crippen molar-refractivity contribution in [1.29, 1.82) is 5.26 Å². The summed E-state index contributed by atoms with van der Waals surface area (Å²) in [5.74, 6) is 0.283. The molecule has 0 aliphatic carbocycles. The molecule has 2 aromatic heterocycles. The number of nitrogens with one attached hydrogen (secondary N) is 1. The third kappa shape index (κ3) is 2.79. The van der Waals surface area contributed by atoms with Gasteiger partial charge in [-0.3, -0.25) is 4.79 Å². The highest BCUT2D eigenvalue weighted by Gasteiger charge is 2.08. The van der Waals surface area contributed by atoms with E-state index in [4.69, 9.17) is 0 Å². The van der Waals surface area contributed by atoms with Crippen molar-refractivity contribution in [3.63, 3.8) is 0 Å². The van der Waals surface area contributed by atoms with E-state index in [-0.39, 0.29) is 11.4 Å². The maximum atomic E-state index is 12.0. The van der Waals surface area contributed by atoms with Crippen molar-refractivity contribution in [3.8, 4) is 6.07 Å². The van der Waals surface area contributed by atoms with E-state index in [2.05, 4.69) is 32.0 Å². The van der Waals surface area contributed by atoms with Crippen LogP contribution in [0.25, 0.3) is 22.6 Å². The van der Waals surface area contributed by atoms with Crippen molar-refractivity contribution in [2.45, 2.75) is 0 Å². The van der Waals surface area contributed by atoms with Gasteiger partial charge >= 0.3 is 0 Å². The van der Waals surface area contributed by atoms with Crippen LogP contribution < -0.4 is 5.56 Å². The number of hydrogen-bond donors (Lipinski definition) is 1. The molecule has 4 nitrogen and oxygen atoms in total. The first kappa shape index (κ1) is 13.7. The lowest BCUT2D eigenvalue weighted by Gasteiger charge is -2.01. The van der Waals surface area contributed by atoms with E-state index >= 15 is 0 Å². The molecule has 0 atom stereocenters. The maximum Gasteiger partial charge on any atom is 0.259 e. The molecule has 2 heterocycles. The fourth-order valence-electron chi connectivity index (χ4n) is 1.92. The molecule has 1 N–H and O–H groups in total. The molecule has 3 aromatic rings. The van der Waals surface area contributed by atoms with E-state index < -0.39 is 0 Å². The van der Waals surface area contributed by atoms with Gasteiger partial charge in [0.05, 0.1) is 20.3 Å². The van der Waals surface area contributed by atoms with Crippen LogP contribution in [0.3, 0.4) is 0 Å². The number of allylic oxidation sites excluding steroid dienone is 1. The van der Waals surface area contributed by atoms with Gasteiger partial charge in [0.2, 0.25) is 0 Å². The Kier molecular flexibility index (Phi) is 3.69. The summed E-state index contributed by atoms with van der Waals surface area (Å²) in [5, 5.41) is 9.83. The molecule has 3 rings (SSSR count). The Hall–Kier alpha value is -2.23. The smallest absolute Gasteiger partial charge is 0.259 e. The second-order valence-corrected chi connectivity index (χ2v) is 6.74. The van der Waals surface area contributed by atoms with Crippen LogP contribution in [0.4, 0.5) is 0 Å². The average molecular weight is 358 g/mol. The van der Waals surface area contributed by atoms with Crippen LogP contribution in [-0.2, 0) is 0 Å². The third-order valence-corrected chi connectivity index (χ3v) is 4.44. The first-order valence-electron chi connectivity index (χ1n) is 6.04. The molecule has 102 valence electrons. The molecule has 0 spiro atoms. The van der Waals surface area contributed by atoms with Crippen molar-refractivity contribution >= 4 is 49.8 Å². The number of halogens is 1. The van der Waals surface area contributed by atoms with Gasteiger partial charge in [-0.2, -0.15) is 5.26 Å². The average Bonchev–Trinajstić information content (AvgIpc) is 2.90. The number of aromatic amines is 1. The third-order valence-electron chi connectivity index (χ3n) is 2.87. The summed E-state index contributed by atoms with van der Waals surface area (Å²) in [4.78, 5) is 20.0. The zero-order chi connectivity index (χ0) is 14.8. The number of benzene rings is 1. The minimum Gasteiger partial charge on any atom is -0.305 e. The van der Waals surface area contributed by atoms with E-state index in [9.17, 15) is 10.1 Å². The Morgan fingerprint density at radius 3 is 2.86 bits per heavy atom. The van der Waals surface area contributed by atoms with E-state index in [0.29, 0.717) is 16.5 Å². The zero-order valence-electron chi connectivity index (χ0n) is 10.6. The Morgan fingerprint density at radius 2 is 2.14 bits per heavy atom. The van der Waals surface area contributed by atoms with E-state index in [1.165, 1.54) is 11.3 Å². The second-order valence-electron chi connectivity index (χ2n) is 4.24. The van der Waals surface area contributed by atoms with Crippen LogP contribution in [0.2, 0.25) is 0 Å². The molecular formula is C15H8BrN3OS. The Bertz CT molecular complexity index is 949. The van der Waals surface area contributed by atoms with Crippen LogP contribution in [0, 0.1) is 11.3 Å². The number of aromatic nitrogens is 2. The number of nitriles is 1. The molecule has 0 amide bonds. The molecule has 0 unspecified atom stereocenters. The lowest BCUT2D eigenvalue weighted by Crippen LogP contribution is -2.11. The van der Waals surface area contributed by atoms with Crippen LogP contribution in [0.15, 0.2) is 45.0 Å². The van der Waals surface area contributed by atoms with Crippen LogP contribution >= 0.6 is 27.3 Å². The number of nitrogens with zero attached hydrogens (tertiary/aromatic N) is 2.